The first kappa shape index (κ1) is 25.2. The standard InChI is InChI=1S/C24H41BrN2O/c1-2-3-4-5-6-7-8-9-10-11-12-13-14-15-19-26-21-24(28)27-23-18-16-17-22(25)20-23/h16-18,20,26H,2-15,19,21H2,1H3,(H,27,28). The summed E-state index contributed by atoms with van der Waals surface area (Å²) in [7, 11) is 0. The first-order valence-electron chi connectivity index (χ1n) is 11.5. The van der Waals surface area contributed by atoms with Crippen LogP contribution in [0.15, 0.2) is 28.7 Å². The number of anilines is 1. The summed E-state index contributed by atoms with van der Waals surface area (Å²) >= 11 is 3.41. The van der Waals surface area contributed by atoms with Crippen molar-refractivity contribution < 1.29 is 4.79 Å². The molecule has 0 radical (unpaired) electrons. The van der Waals surface area contributed by atoms with Gasteiger partial charge >= 0.3 is 0 Å². The highest BCUT2D eigenvalue weighted by atomic mass is 79.9. The van der Waals surface area contributed by atoms with Crippen molar-refractivity contribution in [2.24, 2.45) is 0 Å². The summed E-state index contributed by atoms with van der Waals surface area (Å²) in [6.07, 6.45) is 19.2. The first-order valence-corrected chi connectivity index (χ1v) is 12.3. The van der Waals surface area contributed by atoms with E-state index in [1.807, 2.05) is 24.3 Å². The molecule has 28 heavy (non-hydrogen) atoms. The number of nitrogens with one attached hydrogen (secondary N) is 2. The third kappa shape index (κ3) is 15.1. The van der Waals surface area contributed by atoms with E-state index in [0.717, 1.165) is 23.1 Å². The number of benzene rings is 1. The zero-order valence-electron chi connectivity index (χ0n) is 17.9. The quantitative estimate of drug-likeness (QED) is 0.227. The monoisotopic (exact) mass is 452 g/mol. The third-order valence-corrected chi connectivity index (χ3v) is 5.59. The summed E-state index contributed by atoms with van der Waals surface area (Å²) in [4.78, 5) is 11.9. The topological polar surface area (TPSA) is 41.1 Å². The molecule has 1 amide bonds. The number of unbranched alkanes of at least 4 members (excludes halogenated alkanes) is 13. The molecule has 1 aromatic carbocycles. The van der Waals surface area contributed by atoms with Gasteiger partial charge in [-0.15, -0.1) is 0 Å². The molecule has 0 bridgehead atoms. The van der Waals surface area contributed by atoms with Gasteiger partial charge in [-0.25, -0.2) is 0 Å². The Bertz CT molecular complexity index is 507. The van der Waals surface area contributed by atoms with Gasteiger partial charge in [-0.3, -0.25) is 4.79 Å². The van der Waals surface area contributed by atoms with Crippen LogP contribution in [0, 0.1) is 0 Å². The maximum atomic E-state index is 11.9. The van der Waals surface area contributed by atoms with Crippen LogP contribution >= 0.6 is 15.9 Å². The molecule has 0 spiro atoms. The van der Waals surface area contributed by atoms with Gasteiger partial charge in [0, 0.05) is 10.2 Å². The highest BCUT2D eigenvalue weighted by molar-refractivity contribution is 9.10. The van der Waals surface area contributed by atoms with Crippen LogP contribution in [0.1, 0.15) is 96.8 Å². The van der Waals surface area contributed by atoms with Gasteiger partial charge < -0.3 is 10.6 Å². The molecule has 1 aromatic rings. The average molecular weight is 454 g/mol. The molecule has 0 unspecified atom stereocenters. The van der Waals surface area contributed by atoms with Crippen LogP contribution in [0.4, 0.5) is 5.69 Å². The van der Waals surface area contributed by atoms with Gasteiger partial charge in [0.15, 0.2) is 0 Å². The van der Waals surface area contributed by atoms with Gasteiger partial charge in [0.05, 0.1) is 6.54 Å². The molecule has 0 heterocycles. The van der Waals surface area contributed by atoms with Crippen molar-refractivity contribution in [1.82, 2.24) is 5.32 Å². The Labute approximate surface area is 181 Å². The maximum absolute atomic E-state index is 11.9. The lowest BCUT2D eigenvalue weighted by molar-refractivity contribution is -0.115. The number of rotatable bonds is 18. The van der Waals surface area contributed by atoms with Crippen molar-refractivity contribution in [2.45, 2.75) is 96.8 Å². The Morgan fingerprint density at radius 3 is 1.89 bits per heavy atom. The zero-order valence-corrected chi connectivity index (χ0v) is 19.5. The average Bonchev–Trinajstić information content (AvgIpc) is 2.67. The summed E-state index contributed by atoms with van der Waals surface area (Å²) in [5, 5.41) is 6.14. The lowest BCUT2D eigenvalue weighted by Crippen LogP contribution is -2.28. The van der Waals surface area contributed by atoms with Crippen LogP contribution in [-0.2, 0) is 4.79 Å². The fraction of sp³-hybridized carbons (Fsp3) is 0.708. The minimum absolute atomic E-state index is 0.0171. The molecule has 0 aliphatic rings. The number of carbonyl (C=O) groups is 1. The predicted octanol–water partition coefficient (Wildman–Crippen LogP) is 7.46. The molecular formula is C24H41BrN2O. The molecule has 4 heteroatoms. The predicted molar refractivity (Wildman–Crippen MR) is 126 cm³/mol. The van der Waals surface area contributed by atoms with E-state index >= 15 is 0 Å². The fourth-order valence-corrected chi connectivity index (χ4v) is 3.82. The minimum atomic E-state index is 0.0171. The van der Waals surface area contributed by atoms with Gasteiger partial charge in [-0.1, -0.05) is 112 Å². The Balaban J connectivity index is 1.80. The van der Waals surface area contributed by atoms with E-state index in [2.05, 4.69) is 33.5 Å². The largest absolute Gasteiger partial charge is 0.325 e. The molecule has 0 atom stereocenters. The molecule has 0 aromatic heterocycles. The van der Waals surface area contributed by atoms with E-state index < -0.39 is 0 Å². The number of hydrogen-bond acceptors (Lipinski definition) is 2. The molecule has 1 rings (SSSR count). The van der Waals surface area contributed by atoms with Gasteiger partial charge in [-0.2, -0.15) is 0 Å². The van der Waals surface area contributed by atoms with Crippen LogP contribution in [0.3, 0.4) is 0 Å². The fourth-order valence-electron chi connectivity index (χ4n) is 3.42. The Hall–Kier alpha value is -0.870. The lowest BCUT2D eigenvalue weighted by Gasteiger charge is -2.07. The summed E-state index contributed by atoms with van der Waals surface area (Å²) < 4.78 is 0.973. The molecular weight excluding hydrogens is 412 g/mol. The van der Waals surface area contributed by atoms with E-state index in [1.54, 1.807) is 0 Å². The van der Waals surface area contributed by atoms with Crippen molar-refractivity contribution in [3.8, 4) is 0 Å². The number of hydrogen-bond donors (Lipinski definition) is 2. The summed E-state index contributed by atoms with van der Waals surface area (Å²) in [5.41, 5.74) is 0.831. The highest BCUT2D eigenvalue weighted by Crippen LogP contribution is 2.15. The zero-order chi connectivity index (χ0) is 20.3. The van der Waals surface area contributed by atoms with Crippen molar-refractivity contribution in [1.29, 1.82) is 0 Å². The van der Waals surface area contributed by atoms with Crippen LogP contribution < -0.4 is 10.6 Å². The van der Waals surface area contributed by atoms with Gasteiger partial charge in [0.1, 0.15) is 0 Å². The van der Waals surface area contributed by atoms with E-state index in [4.69, 9.17) is 0 Å². The third-order valence-electron chi connectivity index (χ3n) is 5.10. The number of halogens is 1. The summed E-state index contributed by atoms with van der Waals surface area (Å²) in [5.74, 6) is 0.0171. The van der Waals surface area contributed by atoms with Crippen molar-refractivity contribution in [2.75, 3.05) is 18.4 Å². The summed E-state index contributed by atoms with van der Waals surface area (Å²) in [6, 6.07) is 7.67. The van der Waals surface area contributed by atoms with Gasteiger partial charge in [-0.05, 0) is 31.2 Å². The van der Waals surface area contributed by atoms with Crippen LogP contribution in [-0.4, -0.2) is 19.0 Å². The van der Waals surface area contributed by atoms with Crippen molar-refractivity contribution in [3.05, 3.63) is 28.7 Å². The molecule has 3 nitrogen and oxygen atoms in total. The maximum Gasteiger partial charge on any atom is 0.238 e. The second kappa shape index (κ2) is 18.2. The van der Waals surface area contributed by atoms with Crippen molar-refractivity contribution in [3.63, 3.8) is 0 Å². The Kier molecular flexibility index (Phi) is 16.3. The number of amides is 1. The van der Waals surface area contributed by atoms with Crippen LogP contribution in [0.2, 0.25) is 0 Å². The minimum Gasteiger partial charge on any atom is -0.325 e. The molecule has 0 aliphatic carbocycles. The SMILES string of the molecule is CCCCCCCCCCCCCCCCNCC(=O)Nc1cccc(Br)c1. The number of carbonyl (C=O) groups excluding carboxylic acids is 1. The first-order chi connectivity index (χ1) is 13.7. The van der Waals surface area contributed by atoms with E-state index in [-0.39, 0.29) is 5.91 Å². The van der Waals surface area contributed by atoms with Crippen molar-refractivity contribution >= 4 is 27.5 Å². The second-order valence-electron chi connectivity index (χ2n) is 7.83. The van der Waals surface area contributed by atoms with Crippen LogP contribution in [0.5, 0.6) is 0 Å². The van der Waals surface area contributed by atoms with Crippen LogP contribution in [0.25, 0.3) is 0 Å². The molecule has 0 aliphatic heterocycles. The molecule has 2 N–H and O–H groups in total. The summed E-state index contributed by atoms with van der Waals surface area (Å²) in [6.45, 7) is 3.58. The molecule has 0 fully saturated rings. The molecule has 160 valence electrons. The van der Waals surface area contributed by atoms with E-state index in [9.17, 15) is 4.79 Å². The van der Waals surface area contributed by atoms with Gasteiger partial charge in [0.25, 0.3) is 0 Å². The smallest absolute Gasteiger partial charge is 0.238 e. The Morgan fingerprint density at radius 2 is 1.36 bits per heavy atom. The van der Waals surface area contributed by atoms with E-state index in [0.29, 0.717) is 6.54 Å². The van der Waals surface area contributed by atoms with Gasteiger partial charge in [0.2, 0.25) is 5.91 Å². The van der Waals surface area contributed by atoms with E-state index in [1.165, 1.54) is 83.5 Å². The molecule has 0 saturated heterocycles. The normalized spacial score (nSPS) is 10.9. The lowest BCUT2D eigenvalue weighted by atomic mass is 10.0. The highest BCUT2D eigenvalue weighted by Gasteiger charge is 2.02. The Morgan fingerprint density at radius 1 is 0.821 bits per heavy atom. The second-order valence-corrected chi connectivity index (χ2v) is 8.75. The molecule has 0 saturated carbocycles.